The van der Waals surface area contributed by atoms with Crippen molar-refractivity contribution in [2.24, 2.45) is 7.05 Å². The maximum atomic E-state index is 11.9. The van der Waals surface area contributed by atoms with Crippen molar-refractivity contribution in [3.05, 3.63) is 12.2 Å². The summed E-state index contributed by atoms with van der Waals surface area (Å²) in [4.78, 5) is 3.96. The van der Waals surface area contributed by atoms with Crippen molar-refractivity contribution < 1.29 is 8.42 Å². The maximum absolute atomic E-state index is 11.9. The van der Waals surface area contributed by atoms with E-state index < -0.39 is 10.2 Å². The van der Waals surface area contributed by atoms with E-state index in [0.29, 0.717) is 12.4 Å². The molecule has 110 valence electrons. The van der Waals surface area contributed by atoms with Crippen LogP contribution in [0.1, 0.15) is 19.2 Å². The van der Waals surface area contributed by atoms with Gasteiger partial charge in [0.05, 0.1) is 6.54 Å². The Morgan fingerprint density at radius 2 is 2.21 bits per heavy atom. The molecule has 19 heavy (non-hydrogen) atoms. The van der Waals surface area contributed by atoms with E-state index in [1.807, 2.05) is 6.92 Å². The van der Waals surface area contributed by atoms with Gasteiger partial charge in [0.1, 0.15) is 6.33 Å². The van der Waals surface area contributed by atoms with Crippen molar-refractivity contribution in [1.82, 2.24) is 29.1 Å². The van der Waals surface area contributed by atoms with Gasteiger partial charge in [-0.15, -0.1) is 0 Å². The molecule has 1 heterocycles. The van der Waals surface area contributed by atoms with Crippen molar-refractivity contribution in [1.29, 1.82) is 0 Å². The zero-order valence-corrected chi connectivity index (χ0v) is 12.4. The van der Waals surface area contributed by atoms with Gasteiger partial charge in [0.25, 0.3) is 10.2 Å². The van der Waals surface area contributed by atoms with Crippen LogP contribution in [0.15, 0.2) is 6.33 Å². The second-order valence-corrected chi connectivity index (χ2v) is 6.05. The molecule has 1 aromatic heterocycles. The average molecular weight is 290 g/mol. The second-order valence-electron chi connectivity index (χ2n) is 4.19. The van der Waals surface area contributed by atoms with Gasteiger partial charge in [-0.1, -0.05) is 6.92 Å². The normalized spacial score (nSPS) is 12.2. The third kappa shape index (κ3) is 5.64. The summed E-state index contributed by atoms with van der Waals surface area (Å²) in [6, 6.07) is 0. The third-order valence-corrected chi connectivity index (χ3v) is 4.06. The molecule has 0 bridgehead atoms. The van der Waals surface area contributed by atoms with Crippen LogP contribution in [-0.4, -0.2) is 54.2 Å². The number of aryl methyl sites for hydroxylation is 1. The molecule has 8 nitrogen and oxygen atoms in total. The van der Waals surface area contributed by atoms with Crippen molar-refractivity contribution in [3.8, 4) is 0 Å². The molecule has 0 spiro atoms. The molecule has 0 aliphatic heterocycles. The van der Waals surface area contributed by atoms with Crippen LogP contribution < -0.4 is 10.0 Å². The lowest BCUT2D eigenvalue weighted by molar-refractivity contribution is 0.444. The Hall–Kier alpha value is -1.03. The minimum absolute atomic E-state index is 0.0979. The fraction of sp³-hybridized carbons (Fsp3) is 0.800. The standard InChI is InChI=1S/C10H22N6O2S/c1-4-11-6-5-7-16(3)19(17,18)13-8-10-12-9-15(2)14-10/h9,11,13H,4-8H2,1-3H3. The molecular weight excluding hydrogens is 268 g/mol. The van der Waals surface area contributed by atoms with Gasteiger partial charge in [-0.2, -0.15) is 22.5 Å². The van der Waals surface area contributed by atoms with Gasteiger partial charge in [-0.25, -0.2) is 4.98 Å². The Morgan fingerprint density at radius 1 is 1.47 bits per heavy atom. The molecule has 1 aromatic rings. The first-order valence-corrected chi connectivity index (χ1v) is 7.66. The SMILES string of the molecule is CCNCCCN(C)S(=O)(=O)NCc1ncn(C)n1. The molecule has 0 aliphatic rings. The van der Waals surface area contributed by atoms with Crippen LogP contribution in [0, 0.1) is 0 Å². The number of hydrogen-bond acceptors (Lipinski definition) is 5. The van der Waals surface area contributed by atoms with Crippen LogP contribution in [0.5, 0.6) is 0 Å². The predicted molar refractivity (Wildman–Crippen MR) is 72.6 cm³/mol. The molecule has 0 atom stereocenters. The molecule has 0 aliphatic carbocycles. The van der Waals surface area contributed by atoms with Crippen molar-refractivity contribution in [2.75, 3.05) is 26.7 Å². The van der Waals surface area contributed by atoms with Crippen molar-refractivity contribution in [3.63, 3.8) is 0 Å². The van der Waals surface area contributed by atoms with Gasteiger partial charge in [0.15, 0.2) is 5.82 Å². The molecule has 1 rings (SSSR count). The molecule has 9 heteroatoms. The van der Waals surface area contributed by atoms with Gasteiger partial charge in [-0.3, -0.25) is 4.68 Å². The largest absolute Gasteiger partial charge is 0.317 e. The third-order valence-electron chi connectivity index (χ3n) is 2.55. The number of hydrogen-bond donors (Lipinski definition) is 2. The maximum Gasteiger partial charge on any atom is 0.279 e. The lowest BCUT2D eigenvalue weighted by Gasteiger charge is -2.17. The van der Waals surface area contributed by atoms with E-state index in [1.54, 1.807) is 14.1 Å². The van der Waals surface area contributed by atoms with Gasteiger partial charge in [0.2, 0.25) is 0 Å². The van der Waals surface area contributed by atoms with Crippen LogP contribution in [0.2, 0.25) is 0 Å². The lowest BCUT2D eigenvalue weighted by Crippen LogP contribution is -2.39. The van der Waals surface area contributed by atoms with E-state index in [-0.39, 0.29) is 6.54 Å². The highest BCUT2D eigenvalue weighted by Crippen LogP contribution is 1.97. The molecule has 0 radical (unpaired) electrons. The van der Waals surface area contributed by atoms with Crippen molar-refractivity contribution >= 4 is 10.2 Å². The number of aromatic nitrogens is 3. The molecule has 0 amide bonds. The van der Waals surface area contributed by atoms with Gasteiger partial charge in [-0.05, 0) is 19.5 Å². The number of nitrogens with zero attached hydrogens (tertiary/aromatic N) is 4. The highest BCUT2D eigenvalue weighted by atomic mass is 32.2. The van der Waals surface area contributed by atoms with E-state index in [1.165, 1.54) is 15.3 Å². The van der Waals surface area contributed by atoms with Crippen LogP contribution in [-0.2, 0) is 23.8 Å². The zero-order valence-electron chi connectivity index (χ0n) is 11.6. The summed E-state index contributed by atoms with van der Waals surface area (Å²) in [5, 5.41) is 7.16. The van der Waals surface area contributed by atoms with Gasteiger partial charge >= 0.3 is 0 Å². The first-order valence-electron chi connectivity index (χ1n) is 6.22. The first-order chi connectivity index (χ1) is 8.95. The quantitative estimate of drug-likeness (QED) is 0.574. The summed E-state index contributed by atoms with van der Waals surface area (Å²) in [5.41, 5.74) is 0. The minimum Gasteiger partial charge on any atom is -0.317 e. The Bertz CT molecular complexity index is 472. The topological polar surface area (TPSA) is 92.2 Å². The summed E-state index contributed by atoms with van der Waals surface area (Å²) < 4.78 is 29.1. The zero-order chi connectivity index (χ0) is 14.3. The van der Waals surface area contributed by atoms with E-state index in [9.17, 15) is 8.42 Å². The van der Waals surface area contributed by atoms with Crippen LogP contribution in [0.4, 0.5) is 0 Å². The van der Waals surface area contributed by atoms with Gasteiger partial charge in [0, 0.05) is 20.6 Å². The second kappa shape index (κ2) is 7.53. The fourth-order valence-corrected chi connectivity index (χ4v) is 2.36. The number of nitrogens with one attached hydrogen (secondary N) is 2. The predicted octanol–water partition coefficient (Wildman–Crippen LogP) is -0.919. The Balaban J connectivity index is 2.37. The molecule has 0 fully saturated rings. The van der Waals surface area contributed by atoms with E-state index in [0.717, 1.165) is 19.5 Å². The van der Waals surface area contributed by atoms with Crippen molar-refractivity contribution in [2.45, 2.75) is 19.9 Å². The van der Waals surface area contributed by atoms with E-state index in [4.69, 9.17) is 0 Å². The lowest BCUT2D eigenvalue weighted by atomic mass is 10.4. The van der Waals surface area contributed by atoms with E-state index >= 15 is 0 Å². The first kappa shape index (κ1) is 16.0. The molecular formula is C10H22N6O2S. The molecule has 0 saturated carbocycles. The average Bonchev–Trinajstić information content (AvgIpc) is 2.78. The molecule has 0 saturated heterocycles. The van der Waals surface area contributed by atoms with Crippen LogP contribution >= 0.6 is 0 Å². The van der Waals surface area contributed by atoms with Crippen LogP contribution in [0.3, 0.4) is 0 Å². The summed E-state index contributed by atoms with van der Waals surface area (Å²) in [6.45, 7) is 4.28. The molecule has 0 unspecified atom stereocenters. The van der Waals surface area contributed by atoms with Crippen LogP contribution in [0.25, 0.3) is 0 Å². The monoisotopic (exact) mass is 290 g/mol. The summed E-state index contributed by atoms with van der Waals surface area (Å²) in [6.07, 6.45) is 2.30. The molecule has 0 aromatic carbocycles. The highest BCUT2D eigenvalue weighted by Gasteiger charge is 2.17. The van der Waals surface area contributed by atoms with E-state index in [2.05, 4.69) is 20.1 Å². The van der Waals surface area contributed by atoms with Gasteiger partial charge < -0.3 is 5.32 Å². The molecule has 2 N–H and O–H groups in total. The summed E-state index contributed by atoms with van der Waals surface area (Å²) in [5.74, 6) is 0.451. The Morgan fingerprint density at radius 3 is 2.79 bits per heavy atom. The minimum atomic E-state index is -3.47. The number of rotatable bonds is 9. The Labute approximate surface area is 114 Å². The summed E-state index contributed by atoms with van der Waals surface area (Å²) in [7, 11) is -0.180. The highest BCUT2D eigenvalue weighted by molar-refractivity contribution is 7.87. The Kier molecular flexibility index (Phi) is 6.35. The smallest absolute Gasteiger partial charge is 0.279 e. The fourth-order valence-electron chi connectivity index (χ4n) is 1.45. The summed E-state index contributed by atoms with van der Waals surface area (Å²) >= 11 is 0.